The normalized spacial score (nSPS) is 11.8. The van der Waals surface area contributed by atoms with Gasteiger partial charge >= 0.3 is 6.18 Å². The largest absolute Gasteiger partial charge is 0.416 e. The van der Waals surface area contributed by atoms with Gasteiger partial charge in [0, 0.05) is 11.3 Å². The zero-order chi connectivity index (χ0) is 20.2. The number of benzene rings is 2. The molecule has 2 amide bonds. The Bertz CT molecular complexity index is 805. The highest BCUT2D eigenvalue weighted by Crippen LogP contribution is 2.29. The van der Waals surface area contributed by atoms with Gasteiger partial charge in [-0.15, -0.1) is 0 Å². The van der Waals surface area contributed by atoms with E-state index in [2.05, 4.69) is 31.4 Å². The molecule has 0 heterocycles. The maximum Gasteiger partial charge on any atom is 0.416 e. The van der Waals surface area contributed by atoms with Gasteiger partial charge in [-0.2, -0.15) is 13.2 Å². The fraction of sp³-hybridized carbons (Fsp3) is 0.300. The van der Waals surface area contributed by atoms with E-state index < -0.39 is 23.6 Å². The van der Waals surface area contributed by atoms with Gasteiger partial charge in [-0.05, 0) is 47.4 Å². The molecule has 0 fully saturated rings. The fourth-order valence-corrected chi connectivity index (χ4v) is 2.33. The second-order valence-electron chi connectivity index (χ2n) is 7.13. The van der Waals surface area contributed by atoms with Gasteiger partial charge in [-0.1, -0.05) is 32.9 Å². The third kappa shape index (κ3) is 5.84. The van der Waals surface area contributed by atoms with Crippen LogP contribution in [0, 0.1) is 0 Å². The lowest BCUT2D eigenvalue weighted by molar-refractivity contribution is -0.137. The molecule has 0 aromatic heterocycles. The van der Waals surface area contributed by atoms with E-state index in [1.807, 2.05) is 12.1 Å². The number of carbonyl (C=O) groups excluding carboxylic acids is 2. The van der Waals surface area contributed by atoms with Crippen LogP contribution in [-0.4, -0.2) is 18.4 Å². The lowest BCUT2D eigenvalue weighted by Gasteiger charge is -2.19. The molecule has 144 valence electrons. The van der Waals surface area contributed by atoms with Crippen LogP contribution in [0.1, 0.15) is 42.3 Å². The van der Waals surface area contributed by atoms with Gasteiger partial charge < -0.3 is 10.6 Å². The third-order valence-corrected chi connectivity index (χ3v) is 3.92. The quantitative estimate of drug-likeness (QED) is 0.830. The summed E-state index contributed by atoms with van der Waals surface area (Å²) in [6, 6.07) is 11.2. The first kappa shape index (κ1) is 20.5. The lowest BCUT2D eigenvalue weighted by atomic mass is 9.87. The fourth-order valence-electron chi connectivity index (χ4n) is 2.33. The number of rotatable bonds is 4. The molecular weight excluding hydrogens is 357 g/mol. The highest BCUT2D eigenvalue weighted by atomic mass is 19.4. The number of carbonyl (C=O) groups is 2. The van der Waals surface area contributed by atoms with Gasteiger partial charge in [0.1, 0.15) is 0 Å². The first-order chi connectivity index (χ1) is 12.5. The lowest BCUT2D eigenvalue weighted by Crippen LogP contribution is -2.32. The number of halogens is 3. The average Bonchev–Trinajstić information content (AvgIpc) is 2.58. The predicted octanol–water partition coefficient (Wildman–Crippen LogP) is 4.37. The molecule has 0 aliphatic rings. The minimum Gasteiger partial charge on any atom is -0.343 e. The van der Waals surface area contributed by atoms with E-state index in [0.29, 0.717) is 5.56 Å². The van der Waals surface area contributed by atoms with E-state index >= 15 is 0 Å². The summed E-state index contributed by atoms with van der Waals surface area (Å²) in [5, 5.41) is 4.92. The third-order valence-electron chi connectivity index (χ3n) is 3.92. The van der Waals surface area contributed by atoms with Gasteiger partial charge in [0.05, 0.1) is 12.1 Å². The van der Waals surface area contributed by atoms with Gasteiger partial charge in [0.15, 0.2) is 0 Å². The van der Waals surface area contributed by atoms with Crippen LogP contribution in [0.15, 0.2) is 48.5 Å². The van der Waals surface area contributed by atoms with Crippen LogP contribution in [0.4, 0.5) is 18.9 Å². The SMILES string of the molecule is CC(C)(C)c1ccc(C(=O)NCC(=O)Nc2ccc(C(F)(F)F)cc2)cc1. The van der Waals surface area contributed by atoms with E-state index in [4.69, 9.17) is 0 Å². The molecule has 4 nitrogen and oxygen atoms in total. The molecule has 0 atom stereocenters. The molecule has 0 saturated heterocycles. The minimum absolute atomic E-state index is 0.0312. The molecule has 0 bridgehead atoms. The predicted molar refractivity (Wildman–Crippen MR) is 97.5 cm³/mol. The Morgan fingerprint density at radius 1 is 0.852 bits per heavy atom. The van der Waals surface area contributed by atoms with Crippen molar-refractivity contribution in [2.24, 2.45) is 0 Å². The molecule has 2 aromatic rings. The molecular formula is C20H21F3N2O2. The molecule has 0 saturated carbocycles. The summed E-state index contributed by atoms with van der Waals surface area (Å²) in [6.07, 6.45) is -4.43. The Kier molecular flexibility index (Phi) is 5.93. The van der Waals surface area contributed by atoms with Crippen LogP contribution in [0.2, 0.25) is 0 Å². The average molecular weight is 378 g/mol. The maximum absolute atomic E-state index is 12.5. The Labute approximate surface area is 155 Å². The van der Waals surface area contributed by atoms with Gasteiger partial charge in [-0.3, -0.25) is 9.59 Å². The number of hydrogen-bond acceptors (Lipinski definition) is 2. The van der Waals surface area contributed by atoms with E-state index in [9.17, 15) is 22.8 Å². The summed E-state index contributed by atoms with van der Waals surface area (Å²) in [5.41, 5.74) is 0.894. The van der Waals surface area contributed by atoms with E-state index in [-0.39, 0.29) is 17.6 Å². The first-order valence-electron chi connectivity index (χ1n) is 8.33. The Hall–Kier alpha value is -2.83. The summed E-state index contributed by atoms with van der Waals surface area (Å²) in [4.78, 5) is 24.0. The van der Waals surface area contributed by atoms with Gasteiger partial charge in [0.2, 0.25) is 5.91 Å². The highest BCUT2D eigenvalue weighted by molar-refractivity contribution is 5.99. The summed E-state index contributed by atoms with van der Waals surface area (Å²) < 4.78 is 37.5. The van der Waals surface area contributed by atoms with Crippen molar-refractivity contribution in [3.05, 3.63) is 65.2 Å². The summed E-state index contributed by atoms with van der Waals surface area (Å²) in [5.74, 6) is -0.938. The molecule has 0 aliphatic carbocycles. The van der Waals surface area contributed by atoms with E-state index in [1.165, 1.54) is 0 Å². The second-order valence-corrected chi connectivity index (χ2v) is 7.13. The number of alkyl halides is 3. The van der Waals surface area contributed by atoms with Crippen molar-refractivity contribution in [1.29, 1.82) is 0 Å². The standard InChI is InChI=1S/C20H21F3N2O2/c1-19(2,3)14-6-4-13(5-7-14)18(27)24-12-17(26)25-16-10-8-15(9-11-16)20(21,22)23/h4-11H,12H2,1-3H3,(H,24,27)(H,25,26). The van der Waals surface area contributed by atoms with Crippen molar-refractivity contribution < 1.29 is 22.8 Å². The molecule has 7 heteroatoms. The van der Waals surface area contributed by atoms with Crippen LogP contribution in [0.25, 0.3) is 0 Å². The molecule has 0 aliphatic heterocycles. The minimum atomic E-state index is -4.43. The van der Waals surface area contributed by atoms with Gasteiger partial charge in [0.25, 0.3) is 5.91 Å². The van der Waals surface area contributed by atoms with Crippen LogP contribution < -0.4 is 10.6 Å². The Morgan fingerprint density at radius 3 is 1.85 bits per heavy atom. The molecule has 0 unspecified atom stereocenters. The van der Waals surface area contributed by atoms with E-state index in [0.717, 1.165) is 29.8 Å². The van der Waals surface area contributed by atoms with Crippen molar-refractivity contribution in [1.82, 2.24) is 5.32 Å². The first-order valence-corrected chi connectivity index (χ1v) is 8.33. The van der Waals surface area contributed by atoms with Crippen molar-refractivity contribution in [2.45, 2.75) is 32.4 Å². The van der Waals surface area contributed by atoms with Crippen LogP contribution in [0.5, 0.6) is 0 Å². The van der Waals surface area contributed by atoms with E-state index in [1.54, 1.807) is 12.1 Å². The van der Waals surface area contributed by atoms with Crippen LogP contribution in [-0.2, 0) is 16.4 Å². The number of hydrogen-bond donors (Lipinski definition) is 2. The molecule has 2 aromatic carbocycles. The second kappa shape index (κ2) is 7.82. The number of anilines is 1. The van der Waals surface area contributed by atoms with Crippen LogP contribution >= 0.6 is 0 Å². The highest BCUT2D eigenvalue weighted by Gasteiger charge is 2.30. The Balaban J connectivity index is 1.88. The smallest absolute Gasteiger partial charge is 0.343 e. The maximum atomic E-state index is 12.5. The zero-order valence-electron chi connectivity index (χ0n) is 15.3. The molecule has 2 N–H and O–H groups in total. The summed E-state index contributed by atoms with van der Waals surface area (Å²) in [6.45, 7) is 5.90. The number of amides is 2. The monoisotopic (exact) mass is 378 g/mol. The molecule has 27 heavy (non-hydrogen) atoms. The van der Waals surface area contributed by atoms with Crippen molar-refractivity contribution in [3.63, 3.8) is 0 Å². The van der Waals surface area contributed by atoms with Crippen molar-refractivity contribution >= 4 is 17.5 Å². The molecule has 0 radical (unpaired) electrons. The zero-order valence-corrected chi connectivity index (χ0v) is 15.3. The topological polar surface area (TPSA) is 58.2 Å². The van der Waals surface area contributed by atoms with Gasteiger partial charge in [-0.25, -0.2) is 0 Å². The van der Waals surface area contributed by atoms with Crippen molar-refractivity contribution in [3.8, 4) is 0 Å². The summed E-state index contributed by atoms with van der Waals surface area (Å²) in [7, 11) is 0. The summed E-state index contributed by atoms with van der Waals surface area (Å²) >= 11 is 0. The molecule has 0 spiro atoms. The number of nitrogens with one attached hydrogen (secondary N) is 2. The van der Waals surface area contributed by atoms with Crippen molar-refractivity contribution in [2.75, 3.05) is 11.9 Å². The van der Waals surface area contributed by atoms with Crippen LogP contribution in [0.3, 0.4) is 0 Å². The Morgan fingerprint density at radius 2 is 1.37 bits per heavy atom. The molecule has 2 rings (SSSR count).